The maximum absolute atomic E-state index is 13.0. The fourth-order valence-corrected chi connectivity index (χ4v) is 5.02. The molecule has 2 heterocycles. The number of carboxylic acids is 1. The number of likely N-dealkylation sites (tertiary alicyclic amines) is 2. The Labute approximate surface area is 169 Å². The van der Waals surface area contributed by atoms with Gasteiger partial charge in [0, 0.05) is 14.0 Å². The molecule has 1 aromatic carbocycles. The van der Waals surface area contributed by atoms with E-state index in [0.29, 0.717) is 11.3 Å². The molecule has 8 heteroatoms. The van der Waals surface area contributed by atoms with E-state index >= 15 is 0 Å². The highest BCUT2D eigenvalue weighted by Gasteiger charge is 2.72. The van der Waals surface area contributed by atoms with E-state index in [1.54, 1.807) is 24.3 Å². The van der Waals surface area contributed by atoms with Crippen LogP contribution in [0.3, 0.4) is 0 Å². The van der Waals surface area contributed by atoms with Gasteiger partial charge in [0.2, 0.25) is 17.7 Å². The quantitative estimate of drug-likeness (QED) is 0.752. The number of imide groups is 1. The van der Waals surface area contributed by atoms with Crippen molar-refractivity contribution < 1.29 is 29.0 Å². The number of carbonyl (C=O) groups is 4. The number of hydrogen-bond acceptors (Lipinski definition) is 5. The van der Waals surface area contributed by atoms with Gasteiger partial charge in [-0.05, 0) is 30.0 Å². The molecule has 3 rings (SSSR count). The molecule has 0 unspecified atom stereocenters. The molecule has 0 radical (unpaired) electrons. The molecule has 2 aliphatic heterocycles. The topological polar surface area (TPSA) is 104 Å². The standard InChI is InChI=1S/C21H26N2O6/c1-11(2)10-21(20(27)28)16-15(18(25)22(4)19(16)26)17(23(21)12(3)24)13-6-8-14(29-5)9-7-13/h6-9,11,15-17H,10H2,1-5H3,(H,27,28)/t15-,16-,17-,21-/m0/s1. The van der Waals surface area contributed by atoms with Crippen LogP contribution in [-0.2, 0) is 19.2 Å². The lowest BCUT2D eigenvalue weighted by molar-refractivity contribution is -0.164. The number of hydrogen-bond donors (Lipinski definition) is 1. The Morgan fingerprint density at radius 3 is 2.21 bits per heavy atom. The van der Waals surface area contributed by atoms with Crippen LogP contribution in [0.2, 0.25) is 0 Å². The van der Waals surface area contributed by atoms with Crippen LogP contribution in [0.25, 0.3) is 0 Å². The molecule has 4 atom stereocenters. The molecule has 1 N–H and O–H groups in total. The maximum Gasteiger partial charge on any atom is 0.330 e. The second-order valence-electron chi connectivity index (χ2n) is 8.17. The van der Waals surface area contributed by atoms with Gasteiger partial charge in [-0.25, -0.2) is 4.79 Å². The molecule has 2 fully saturated rings. The normalized spacial score (nSPS) is 28.8. The number of fused-ring (bicyclic) bond motifs is 1. The van der Waals surface area contributed by atoms with Crippen LogP contribution in [0.15, 0.2) is 24.3 Å². The van der Waals surface area contributed by atoms with E-state index in [1.807, 2.05) is 13.8 Å². The first kappa shape index (κ1) is 20.8. The van der Waals surface area contributed by atoms with Gasteiger partial charge >= 0.3 is 5.97 Å². The van der Waals surface area contributed by atoms with Crippen LogP contribution in [0.5, 0.6) is 5.75 Å². The van der Waals surface area contributed by atoms with Gasteiger partial charge in [0.25, 0.3) is 0 Å². The average Bonchev–Trinajstić information content (AvgIpc) is 3.08. The summed E-state index contributed by atoms with van der Waals surface area (Å²) in [4.78, 5) is 53.7. The average molecular weight is 402 g/mol. The molecule has 0 saturated carbocycles. The first-order valence-corrected chi connectivity index (χ1v) is 9.56. The van der Waals surface area contributed by atoms with Gasteiger partial charge in [-0.3, -0.25) is 19.3 Å². The molecule has 0 aromatic heterocycles. The predicted molar refractivity (Wildman–Crippen MR) is 103 cm³/mol. The van der Waals surface area contributed by atoms with Crippen molar-refractivity contribution in [1.29, 1.82) is 0 Å². The monoisotopic (exact) mass is 402 g/mol. The van der Waals surface area contributed by atoms with E-state index in [1.165, 1.54) is 26.0 Å². The van der Waals surface area contributed by atoms with Crippen LogP contribution in [-0.4, -0.2) is 58.3 Å². The third-order valence-corrected chi connectivity index (χ3v) is 6.02. The van der Waals surface area contributed by atoms with Gasteiger partial charge in [-0.15, -0.1) is 0 Å². The van der Waals surface area contributed by atoms with E-state index in [4.69, 9.17) is 4.74 Å². The predicted octanol–water partition coefficient (Wildman–Crippen LogP) is 1.70. The van der Waals surface area contributed by atoms with E-state index in [2.05, 4.69) is 0 Å². The van der Waals surface area contributed by atoms with Gasteiger partial charge in [0.15, 0.2) is 5.54 Å². The van der Waals surface area contributed by atoms with Gasteiger partial charge in [0.05, 0.1) is 25.0 Å². The minimum atomic E-state index is -1.78. The first-order valence-electron chi connectivity index (χ1n) is 9.56. The zero-order valence-corrected chi connectivity index (χ0v) is 17.2. The highest BCUT2D eigenvalue weighted by Crippen LogP contribution is 2.57. The minimum Gasteiger partial charge on any atom is -0.497 e. The van der Waals surface area contributed by atoms with Crippen LogP contribution in [0.4, 0.5) is 0 Å². The molecule has 2 saturated heterocycles. The van der Waals surface area contributed by atoms with Crippen molar-refractivity contribution in [3.8, 4) is 5.75 Å². The Morgan fingerprint density at radius 1 is 1.17 bits per heavy atom. The van der Waals surface area contributed by atoms with Crippen molar-refractivity contribution in [2.75, 3.05) is 14.2 Å². The molecule has 1 aromatic rings. The number of aliphatic carboxylic acids is 1. The highest BCUT2D eigenvalue weighted by atomic mass is 16.5. The van der Waals surface area contributed by atoms with Crippen molar-refractivity contribution in [3.05, 3.63) is 29.8 Å². The number of carboxylic acid groups (broad SMARTS) is 1. The SMILES string of the molecule is COc1ccc([C@H]2[C@H]3C(=O)N(C)C(=O)[C@H]3[C@@](CC(C)C)(C(=O)O)N2C(C)=O)cc1. The lowest BCUT2D eigenvalue weighted by Gasteiger charge is -2.41. The molecule has 2 aliphatic rings. The Bertz CT molecular complexity index is 864. The van der Waals surface area contributed by atoms with Crippen LogP contribution < -0.4 is 4.74 Å². The minimum absolute atomic E-state index is 0.0720. The number of ether oxygens (including phenoxy) is 1. The highest BCUT2D eigenvalue weighted by molar-refractivity contribution is 6.10. The summed E-state index contributed by atoms with van der Waals surface area (Å²) in [5.41, 5.74) is -1.19. The first-order chi connectivity index (χ1) is 13.6. The van der Waals surface area contributed by atoms with Crippen molar-refractivity contribution in [2.45, 2.75) is 38.8 Å². The van der Waals surface area contributed by atoms with Crippen LogP contribution in [0, 0.1) is 17.8 Å². The summed E-state index contributed by atoms with van der Waals surface area (Å²) in [7, 11) is 2.89. The number of amides is 3. The van der Waals surface area contributed by atoms with Gasteiger partial charge in [-0.2, -0.15) is 0 Å². The summed E-state index contributed by atoms with van der Waals surface area (Å²) in [5.74, 6) is -4.34. The largest absolute Gasteiger partial charge is 0.497 e. The van der Waals surface area contributed by atoms with Crippen molar-refractivity contribution in [1.82, 2.24) is 9.80 Å². The van der Waals surface area contributed by atoms with E-state index in [0.717, 1.165) is 4.90 Å². The second-order valence-corrected chi connectivity index (χ2v) is 8.17. The molecule has 0 spiro atoms. The fourth-order valence-electron chi connectivity index (χ4n) is 5.02. The van der Waals surface area contributed by atoms with E-state index in [-0.39, 0.29) is 12.3 Å². The molecule has 8 nitrogen and oxygen atoms in total. The molecular weight excluding hydrogens is 376 g/mol. The maximum atomic E-state index is 13.0. The summed E-state index contributed by atoms with van der Waals surface area (Å²) in [6.07, 6.45) is 0.0720. The fraction of sp³-hybridized carbons (Fsp3) is 0.524. The summed E-state index contributed by atoms with van der Waals surface area (Å²) in [6.45, 7) is 4.96. The zero-order valence-electron chi connectivity index (χ0n) is 17.2. The summed E-state index contributed by atoms with van der Waals surface area (Å²) in [5, 5.41) is 10.3. The lowest BCUT2D eigenvalue weighted by atomic mass is 9.75. The van der Waals surface area contributed by atoms with E-state index in [9.17, 15) is 24.3 Å². The lowest BCUT2D eigenvalue weighted by Crippen LogP contribution is -2.59. The van der Waals surface area contributed by atoms with Crippen molar-refractivity contribution >= 4 is 23.7 Å². The number of benzene rings is 1. The Kier molecular flexibility index (Phi) is 5.15. The molecule has 0 aliphatic carbocycles. The van der Waals surface area contributed by atoms with Crippen molar-refractivity contribution in [3.63, 3.8) is 0 Å². The van der Waals surface area contributed by atoms with Crippen molar-refractivity contribution in [2.24, 2.45) is 17.8 Å². The number of nitrogens with zero attached hydrogens (tertiary/aromatic N) is 2. The molecule has 156 valence electrons. The van der Waals surface area contributed by atoms with Gasteiger partial charge in [0.1, 0.15) is 5.75 Å². The molecule has 0 bridgehead atoms. The smallest absolute Gasteiger partial charge is 0.330 e. The summed E-state index contributed by atoms with van der Waals surface area (Å²) in [6, 6.07) is 5.95. The Hall–Kier alpha value is -2.90. The van der Waals surface area contributed by atoms with Crippen LogP contribution in [0.1, 0.15) is 38.8 Å². The zero-order chi connectivity index (χ0) is 21.7. The number of methoxy groups -OCH3 is 1. The summed E-state index contributed by atoms with van der Waals surface area (Å²) < 4.78 is 5.18. The van der Waals surface area contributed by atoms with Crippen LogP contribution >= 0.6 is 0 Å². The number of rotatable bonds is 5. The summed E-state index contributed by atoms with van der Waals surface area (Å²) >= 11 is 0. The Morgan fingerprint density at radius 2 is 1.76 bits per heavy atom. The van der Waals surface area contributed by atoms with Gasteiger partial charge < -0.3 is 14.7 Å². The van der Waals surface area contributed by atoms with Gasteiger partial charge in [-0.1, -0.05) is 26.0 Å². The third-order valence-electron chi connectivity index (χ3n) is 6.02. The molecule has 3 amide bonds. The third kappa shape index (κ3) is 2.89. The molecule has 29 heavy (non-hydrogen) atoms. The second kappa shape index (κ2) is 7.17. The number of carbonyl (C=O) groups excluding carboxylic acids is 3. The van der Waals surface area contributed by atoms with E-state index < -0.39 is 47.1 Å². The molecular formula is C21H26N2O6. The Balaban J connectivity index is 2.28.